The van der Waals surface area contributed by atoms with Crippen molar-refractivity contribution in [3.05, 3.63) is 28.2 Å². The first kappa shape index (κ1) is 14.8. The van der Waals surface area contributed by atoms with E-state index < -0.39 is 0 Å². The zero-order valence-corrected chi connectivity index (χ0v) is 13.2. The first-order chi connectivity index (χ1) is 9.09. The van der Waals surface area contributed by atoms with Gasteiger partial charge in [-0.15, -0.1) is 0 Å². The third-order valence-electron chi connectivity index (χ3n) is 4.21. The van der Waals surface area contributed by atoms with Crippen LogP contribution < -0.4 is 10.1 Å². The van der Waals surface area contributed by atoms with E-state index in [2.05, 4.69) is 40.3 Å². The number of benzene rings is 1. The number of ether oxygens (including phenoxy) is 1. The van der Waals surface area contributed by atoms with Crippen LogP contribution in [0.15, 0.2) is 22.7 Å². The Kier molecular flexibility index (Phi) is 4.87. The topological polar surface area (TPSA) is 41.5 Å². The van der Waals surface area contributed by atoms with E-state index in [1.54, 1.807) is 7.11 Å². The Bertz CT molecular complexity index is 438. The summed E-state index contributed by atoms with van der Waals surface area (Å²) in [6, 6.07) is 6.53. The molecule has 2 rings (SSSR count). The van der Waals surface area contributed by atoms with E-state index >= 15 is 0 Å². The van der Waals surface area contributed by atoms with E-state index in [1.807, 2.05) is 6.07 Å². The van der Waals surface area contributed by atoms with Gasteiger partial charge in [0, 0.05) is 24.6 Å². The van der Waals surface area contributed by atoms with Gasteiger partial charge in [-0.05, 0) is 46.5 Å². The Balaban J connectivity index is 1.97. The summed E-state index contributed by atoms with van der Waals surface area (Å²) in [7, 11) is 1.67. The number of hydrogen-bond acceptors (Lipinski definition) is 3. The lowest BCUT2D eigenvalue weighted by atomic mass is 9.86. The zero-order chi connectivity index (χ0) is 13.9. The van der Waals surface area contributed by atoms with Gasteiger partial charge in [0.15, 0.2) is 0 Å². The predicted octanol–water partition coefficient (Wildman–Crippen LogP) is 3.10. The van der Waals surface area contributed by atoms with Crippen molar-refractivity contribution in [3.63, 3.8) is 0 Å². The van der Waals surface area contributed by atoms with E-state index in [0.29, 0.717) is 6.04 Å². The van der Waals surface area contributed by atoms with Crippen molar-refractivity contribution in [3.8, 4) is 5.75 Å². The molecule has 0 aliphatic heterocycles. The summed E-state index contributed by atoms with van der Waals surface area (Å²) in [4.78, 5) is 0. The van der Waals surface area contributed by atoms with Gasteiger partial charge in [0.05, 0.1) is 11.6 Å². The number of aliphatic hydroxyl groups is 1. The normalized spacial score (nSPS) is 26.6. The van der Waals surface area contributed by atoms with Gasteiger partial charge in [-0.25, -0.2) is 0 Å². The molecule has 1 saturated carbocycles. The summed E-state index contributed by atoms with van der Waals surface area (Å²) in [5.41, 5.74) is 1.25. The molecule has 1 aromatic carbocycles. The molecule has 0 aromatic heterocycles. The Morgan fingerprint density at radius 2 is 2.32 bits per heavy atom. The number of aliphatic hydroxyl groups excluding tert-OH is 1. The highest BCUT2D eigenvalue weighted by molar-refractivity contribution is 9.10. The molecule has 0 heterocycles. The fraction of sp³-hybridized carbons (Fsp3) is 0.600. The van der Waals surface area contributed by atoms with Crippen LogP contribution in [0.5, 0.6) is 5.75 Å². The molecule has 0 radical (unpaired) electrons. The average molecular weight is 328 g/mol. The maximum atomic E-state index is 9.54. The molecule has 1 aromatic rings. The monoisotopic (exact) mass is 327 g/mol. The minimum Gasteiger partial charge on any atom is -0.496 e. The molecule has 0 amide bonds. The van der Waals surface area contributed by atoms with Crippen LogP contribution in [0.1, 0.15) is 31.7 Å². The second-order valence-electron chi connectivity index (χ2n) is 5.61. The van der Waals surface area contributed by atoms with Crippen molar-refractivity contribution in [1.82, 2.24) is 5.32 Å². The number of methoxy groups -OCH3 is 1. The maximum absolute atomic E-state index is 9.54. The van der Waals surface area contributed by atoms with E-state index in [-0.39, 0.29) is 12.0 Å². The van der Waals surface area contributed by atoms with Crippen LogP contribution in [-0.2, 0) is 6.54 Å². The molecule has 1 aliphatic rings. The van der Waals surface area contributed by atoms with Gasteiger partial charge >= 0.3 is 0 Å². The van der Waals surface area contributed by atoms with Gasteiger partial charge in [-0.1, -0.05) is 19.4 Å². The number of nitrogens with one attached hydrogen (secondary N) is 1. The molecule has 0 spiro atoms. The van der Waals surface area contributed by atoms with Gasteiger partial charge in [0.2, 0.25) is 0 Å². The fourth-order valence-electron chi connectivity index (χ4n) is 2.83. The van der Waals surface area contributed by atoms with E-state index in [0.717, 1.165) is 29.6 Å². The molecule has 19 heavy (non-hydrogen) atoms. The van der Waals surface area contributed by atoms with Crippen LogP contribution in [0, 0.1) is 5.41 Å². The predicted molar refractivity (Wildman–Crippen MR) is 80.4 cm³/mol. The first-order valence-electron chi connectivity index (χ1n) is 6.76. The summed E-state index contributed by atoms with van der Waals surface area (Å²) < 4.78 is 6.21. The minimum absolute atomic E-state index is 0.0315. The molecular formula is C15H22BrNO2. The molecule has 2 N–H and O–H groups in total. The molecule has 1 aliphatic carbocycles. The molecule has 1 fully saturated rings. The second-order valence-corrected chi connectivity index (χ2v) is 6.46. The summed E-state index contributed by atoms with van der Waals surface area (Å²) in [6.07, 6.45) is 3.45. The Hall–Kier alpha value is -0.580. The Morgan fingerprint density at radius 1 is 1.53 bits per heavy atom. The third-order valence-corrected chi connectivity index (χ3v) is 4.83. The Labute approximate surface area is 123 Å². The van der Waals surface area contributed by atoms with E-state index in [1.165, 1.54) is 12.0 Å². The van der Waals surface area contributed by atoms with Crippen LogP contribution in [0.3, 0.4) is 0 Å². The average Bonchev–Trinajstić information content (AvgIpc) is 2.78. The summed E-state index contributed by atoms with van der Waals surface area (Å²) >= 11 is 3.50. The SMILES string of the molecule is COc1ccc(CNC2CCCC2(C)CO)cc1Br. The highest BCUT2D eigenvalue weighted by Gasteiger charge is 2.37. The first-order valence-corrected chi connectivity index (χ1v) is 7.55. The quantitative estimate of drug-likeness (QED) is 0.873. The Morgan fingerprint density at radius 3 is 2.95 bits per heavy atom. The highest BCUT2D eigenvalue weighted by atomic mass is 79.9. The smallest absolute Gasteiger partial charge is 0.133 e. The molecule has 0 saturated heterocycles. The second kappa shape index (κ2) is 6.25. The van der Waals surface area contributed by atoms with Crippen LogP contribution in [-0.4, -0.2) is 24.9 Å². The number of hydrogen-bond donors (Lipinski definition) is 2. The van der Waals surface area contributed by atoms with Crippen molar-refractivity contribution in [2.75, 3.05) is 13.7 Å². The number of rotatable bonds is 5. The third kappa shape index (κ3) is 3.30. The molecule has 0 bridgehead atoms. The zero-order valence-electron chi connectivity index (χ0n) is 11.6. The molecule has 2 atom stereocenters. The lowest BCUT2D eigenvalue weighted by molar-refractivity contribution is 0.118. The number of halogens is 1. The molecular weight excluding hydrogens is 306 g/mol. The van der Waals surface area contributed by atoms with Crippen molar-refractivity contribution in [2.45, 2.75) is 38.8 Å². The van der Waals surface area contributed by atoms with Gasteiger partial charge in [0.25, 0.3) is 0 Å². The lowest BCUT2D eigenvalue weighted by Gasteiger charge is -2.30. The van der Waals surface area contributed by atoms with Gasteiger partial charge < -0.3 is 15.2 Å². The van der Waals surface area contributed by atoms with Crippen LogP contribution >= 0.6 is 15.9 Å². The van der Waals surface area contributed by atoms with Crippen LogP contribution in [0.2, 0.25) is 0 Å². The van der Waals surface area contributed by atoms with Crippen molar-refractivity contribution >= 4 is 15.9 Å². The lowest BCUT2D eigenvalue weighted by Crippen LogP contribution is -2.41. The molecule has 4 heteroatoms. The fourth-order valence-corrected chi connectivity index (χ4v) is 3.42. The summed E-state index contributed by atoms with van der Waals surface area (Å²) in [5.74, 6) is 0.852. The van der Waals surface area contributed by atoms with Crippen LogP contribution in [0.4, 0.5) is 0 Å². The van der Waals surface area contributed by atoms with E-state index in [9.17, 15) is 5.11 Å². The minimum atomic E-state index is 0.0315. The molecule has 3 nitrogen and oxygen atoms in total. The van der Waals surface area contributed by atoms with E-state index in [4.69, 9.17) is 4.74 Å². The molecule has 106 valence electrons. The highest BCUT2D eigenvalue weighted by Crippen LogP contribution is 2.37. The van der Waals surface area contributed by atoms with Gasteiger partial charge in [-0.2, -0.15) is 0 Å². The van der Waals surface area contributed by atoms with Gasteiger partial charge in [0.1, 0.15) is 5.75 Å². The van der Waals surface area contributed by atoms with Crippen molar-refractivity contribution in [2.24, 2.45) is 5.41 Å². The van der Waals surface area contributed by atoms with Crippen LogP contribution in [0.25, 0.3) is 0 Å². The van der Waals surface area contributed by atoms with Gasteiger partial charge in [-0.3, -0.25) is 0 Å². The van der Waals surface area contributed by atoms with Crippen molar-refractivity contribution in [1.29, 1.82) is 0 Å². The summed E-state index contributed by atoms with van der Waals surface area (Å²) in [6.45, 7) is 3.25. The molecule has 2 unspecified atom stereocenters. The standard InChI is InChI=1S/C15H22BrNO2/c1-15(10-18)7-3-4-14(15)17-9-11-5-6-13(19-2)12(16)8-11/h5-6,8,14,17-18H,3-4,7,9-10H2,1-2H3. The maximum Gasteiger partial charge on any atom is 0.133 e. The largest absolute Gasteiger partial charge is 0.496 e. The van der Waals surface area contributed by atoms with Crippen molar-refractivity contribution < 1.29 is 9.84 Å². The summed E-state index contributed by atoms with van der Waals surface area (Å²) in [5, 5.41) is 13.1.